The Hall–Kier alpha value is -1.59. The molecule has 2 rings (SSSR count). The number of halogens is 1. The Kier molecular flexibility index (Phi) is 6.02. The molecular weight excluding hydrogens is 314 g/mol. The van der Waals surface area contributed by atoms with Crippen LogP contribution in [0.2, 0.25) is 5.02 Å². The second-order valence-electron chi connectivity index (χ2n) is 6.04. The van der Waals surface area contributed by atoms with Crippen molar-refractivity contribution in [3.63, 3.8) is 0 Å². The van der Waals surface area contributed by atoms with Crippen molar-refractivity contribution in [3.05, 3.63) is 34.9 Å². The maximum Gasteiger partial charge on any atom is 0.254 e. The average Bonchev–Trinajstić information content (AvgIpc) is 2.59. The van der Waals surface area contributed by atoms with Crippen molar-refractivity contribution in [2.75, 3.05) is 26.2 Å². The summed E-state index contributed by atoms with van der Waals surface area (Å²) in [5.41, 5.74) is 6.60. The van der Waals surface area contributed by atoms with Gasteiger partial charge in [-0.2, -0.15) is 0 Å². The summed E-state index contributed by atoms with van der Waals surface area (Å²) in [6.45, 7) is 6.10. The van der Waals surface area contributed by atoms with E-state index in [4.69, 9.17) is 17.3 Å². The molecule has 5 nitrogen and oxygen atoms in total. The number of hydrogen-bond donors (Lipinski definition) is 1. The van der Waals surface area contributed by atoms with Gasteiger partial charge in [0.2, 0.25) is 5.91 Å². The Labute approximate surface area is 142 Å². The first-order valence-corrected chi connectivity index (χ1v) is 8.41. The van der Waals surface area contributed by atoms with Crippen LogP contribution in [-0.2, 0) is 4.79 Å². The highest BCUT2D eigenvalue weighted by atomic mass is 35.5. The van der Waals surface area contributed by atoms with Gasteiger partial charge in [0.05, 0.1) is 6.04 Å². The van der Waals surface area contributed by atoms with Crippen LogP contribution in [0.25, 0.3) is 0 Å². The zero-order valence-electron chi connectivity index (χ0n) is 13.7. The molecule has 1 saturated heterocycles. The zero-order valence-corrected chi connectivity index (χ0v) is 14.4. The predicted octanol–water partition coefficient (Wildman–Crippen LogP) is 2.00. The minimum atomic E-state index is -0.463. The Morgan fingerprint density at radius 1 is 1.22 bits per heavy atom. The molecule has 0 bridgehead atoms. The third-order valence-corrected chi connectivity index (χ3v) is 4.73. The van der Waals surface area contributed by atoms with E-state index in [0.29, 0.717) is 36.8 Å². The summed E-state index contributed by atoms with van der Waals surface area (Å²) >= 11 is 5.93. The van der Waals surface area contributed by atoms with Gasteiger partial charge >= 0.3 is 0 Å². The van der Waals surface area contributed by atoms with Gasteiger partial charge in [-0.3, -0.25) is 9.59 Å². The third kappa shape index (κ3) is 4.24. The fourth-order valence-electron chi connectivity index (χ4n) is 2.64. The number of piperazine rings is 1. The minimum absolute atomic E-state index is 0.0193. The van der Waals surface area contributed by atoms with Crippen LogP contribution in [0.3, 0.4) is 0 Å². The number of amides is 2. The molecule has 1 aliphatic rings. The van der Waals surface area contributed by atoms with Crippen molar-refractivity contribution in [2.24, 2.45) is 11.7 Å². The van der Waals surface area contributed by atoms with E-state index >= 15 is 0 Å². The first-order valence-electron chi connectivity index (χ1n) is 8.03. The molecule has 0 aliphatic carbocycles. The van der Waals surface area contributed by atoms with Crippen molar-refractivity contribution >= 4 is 23.4 Å². The number of hydrogen-bond acceptors (Lipinski definition) is 3. The van der Waals surface area contributed by atoms with E-state index in [1.165, 1.54) is 0 Å². The summed E-state index contributed by atoms with van der Waals surface area (Å²) in [4.78, 5) is 28.3. The summed E-state index contributed by atoms with van der Waals surface area (Å²) < 4.78 is 0. The lowest BCUT2D eigenvalue weighted by Crippen LogP contribution is -2.55. The molecular formula is C17H24ClN3O2. The SMILES string of the molecule is CCC(C)C(N)C(=O)N1CCN(C(=O)c2cccc(Cl)c2)CC1. The molecule has 0 saturated carbocycles. The maximum atomic E-state index is 12.5. The van der Waals surface area contributed by atoms with E-state index in [2.05, 4.69) is 0 Å². The lowest BCUT2D eigenvalue weighted by molar-refractivity contribution is -0.135. The average molecular weight is 338 g/mol. The quantitative estimate of drug-likeness (QED) is 0.913. The Morgan fingerprint density at radius 3 is 2.39 bits per heavy atom. The van der Waals surface area contributed by atoms with Gasteiger partial charge in [0, 0.05) is 36.8 Å². The number of carbonyl (C=O) groups is 2. The van der Waals surface area contributed by atoms with Gasteiger partial charge in [-0.15, -0.1) is 0 Å². The van der Waals surface area contributed by atoms with Gasteiger partial charge in [-0.25, -0.2) is 0 Å². The highest BCUT2D eigenvalue weighted by Gasteiger charge is 2.29. The standard InChI is InChI=1S/C17H24ClN3O2/c1-3-12(2)15(19)17(23)21-9-7-20(8-10-21)16(22)13-5-4-6-14(18)11-13/h4-6,11-12,15H,3,7-10,19H2,1-2H3. The van der Waals surface area contributed by atoms with E-state index < -0.39 is 6.04 Å². The Morgan fingerprint density at radius 2 is 1.83 bits per heavy atom. The van der Waals surface area contributed by atoms with Crippen molar-refractivity contribution in [2.45, 2.75) is 26.3 Å². The predicted molar refractivity (Wildman–Crippen MR) is 91.4 cm³/mol. The summed E-state index contributed by atoms with van der Waals surface area (Å²) in [6.07, 6.45) is 0.875. The van der Waals surface area contributed by atoms with E-state index in [-0.39, 0.29) is 17.7 Å². The van der Waals surface area contributed by atoms with Crippen LogP contribution >= 0.6 is 11.6 Å². The van der Waals surface area contributed by atoms with E-state index in [9.17, 15) is 9.59 Å². The van der Waals surface area contributed by atoms with Gasteiger partial charge in [0.1, 0.15) is 0 Å². The largest absolute Gasteiger partial charge is 0.338 e. The monoisotopic (exact) mass is 337 g/mol. The highest BCUT2D eigenvalue weighted by molar-refractivity contribution is 6.30. The van der Waals surface area contributed by atoms with E-state index in [0.717, 1.165) is 6.42 Å². The van der Waals surface area contributed by atoms with Gasteiger partial charge in [0.15, 0.2) is 0 Å². The molecule has 2 N–H and O–H groups in total. The van der Waals surface area contributed by atoms with Crippen LogP contribution in [0, 0.1) is 5.92 Å². The molecule has 2 amide bonds. The third-order valence-electron chi connectivity index (χ3n) is 4.49. The summed E-state index contributed by atoms with van der Waals surface area (Å²) in [5, 5.41) is 0.546. The second kappa shape index (κ2) is 7.79. The lowest BCUT2D eigenvalue weighted by Gasteiger charge is -2.36. The summed E-state index contributed by atoms with van der Waals surface area (Å²) in [7, 11) is 0. The van der Waals surface area contributed by atoms with Crippen LogP contribution in [-0.4, -0.2) is 53.8 Å². The van der Waals surface area contributed by atoms with Gasteiger partial charge in [0.25, 0.3) is 5.91 Å². The summed E-state index contributed by atoms with van der Waals surface area (Å²) in [6, 6.07) is 6.46. The van der Waals surface area contributed by atoms with Crippen LogP contribution < -0.4 is 5.73 Å². The first-order chi connectivity index (χ1) is 10.9. The van der Waals surface area contributed by atoms with E-state index in [1.54, 1.807) is 34.1 Å². The van der Waals surface area contributed by atoms with Crippen molar-refractivity contribution in [1.82, 2.24) is 9.80 Å². The molecule has 0 spiro atoms. The van der Waals surface area contributed by atoms with Crippen molar-refractivity contribution in [3.8, 4) is 0 Å². The Bertz CT molecular complexity index is 571. The molecule has 126 valence electrons. The molecule has 2 unspecified atom stereocenters. The molecule has 1 fully saturated rings. The fourth-order valence-corrected chi connectivity index (χ4v) is 2.83. The molecule has 1 heterocycles. The smallest absolute Gasteiger partial charge is 0.254 e. The topological polar surface area (TPSA) is 66.6 Å². The van der Waals surface area contributed by atoms with Crippen LogP contribution in [0.4, 0.5) is 0 Å². The minimum Gasteiger partial charge on any atom is -0.338 e. The number of nitrogens with two attached hydrogens (primary N) is 1. The molecule has 2 atom stereocenters. The molecule has 6 heteroatoms. The lowest BCUT2D eigenvalue weighted by atomic mass is 9.98. The molecule has 0 radical (unpaired) electrons. The molecule has 1 aromatic rings. The maximum absolute atomic E-state index is 12.5. The molecule has 1 aliphatic heterocycles. The number of benzene rings is 1. The number of nitrogens with zero attached hydrogens (tertiary/aromatic N) is 2. The normalized spacial score (nSPS) is 17.7. The van der Waals surface area contributed by atoms with Crippen LogP contribution in [0.1, 0.15) is 30.6 Å². The molecule has 23 heavy (non-hydrogen) atoms. The number of carbonyl (C=O) groups excluding carboxylic acids is 2. The second-order valence-corrected chi connectivity index (χ2v) is 6.48. The van der Waals surface area contributed by atoms with Gasteiger partial charge in [-0.1, -0.05) is 37.9 Å². The zero-order chi connectivity index (χ0) is 17.0. The van der Waals surface area contributed by atoms with Gasteiger partial charge in [-0.05, 0) is 24.1 Å². The van der Waals surface area contributed by atoms with Crippen molar-refractivity contribution in [1.29, 1.82) is 0 Å². The van der Waals surface area contributed by atoms with Gasteiger partial charge < -0.3 is 15.5 Å². The van der Waals surface area contributed by atoms with E-state index in [1.807, 2.05) is 13.8 Å². The first kappa shape index (κ1) is 17.8. The van der Waals surface area contributed by atoms with Crippen LogP contribution in [0.15, 0.2) is 24.3 Å². The fraction of sp³-hybridized carbons (Fsp3) is 0.529. The van der Waals surface area contributed by atoms with Crippen LogP contribution in [0.5, 0.6) is 0 Å². The highest BCUT2D eigenvalue weighted by Crippen LogP contribution is 2.15. The molecule has 0 aromatic heterocycles. The molecule has 1 aromatic carbocycles. The summed E-state index contributed by atoms with van der Waals surface area (Å²) in [5.74, 6) is 0.0913. The number of rotatable bonds is 4. The van der Waals surface area contributed by atoms with Crippen molar-refractivity contribution < 1.29 is 9.59 Å². The Balaban J connectivity index is 1.93.